The Kier molecular flexibility index (Phi) is 7.80. The minimum Gasteiger partial charge on any atom is -0.455 e. The first kappa shape index (κ1) is 35.2. The Morgan fingerprint density at radius 2 is 0.810 bits per heavy atom. The van der Waals surface area contributed by atoms with Crippen molar-refractivity contribution in [2.24, 2.45) is 0 Å². The van der Waals surface area contributed by atoms with Gasteiger partial charge in [-0.2, -0.15) is 0 Å². The van der Waals surface area contributed by atoms with E-state index in [0.29, 0.717) is 23.1 Å². The molecule has 0 unspecified atom stereocenters. The fourth-order valence-corrected chi connectivity index (χ4v) is 9.54. The molecular weight excluding hydrogens is 771 g/mol. The Bertz CT molecular complexity index is 3810. The van der Waals surface area contributed by atoms with Gasteiger partial charge >= 0.3 is 0 Å². The molecule has 0 atom stereocenters. The first-order valence-electron chi connectivity index (χ1n) is 21.2. The number of para-hydroxylation sites is 5. The molecule has 0 radical (unpaired) electrons. The monoisotopic (exact) mass is 805 g/mol. The van der Waals surface area contributed by atoms with E-state index in [2.05, 4.69) is 197 Å². The highest BCUT2D eigenvalue weighted by atomic mass is 16.3. The van der Waals surface area contributed by atoms with Gasteiger partial charge in [0.2, 0.25) is 0 Å². The number of hydrogen-bond acceptors (Lipinski definition) is 4. The van der Waals surface area contributed by atoms with Gasteiger partial charge in [-0.3, -0.25) is 0 Å². The standard InChI is InChI=1S/C57H35N5O/c1-3-17-36(18-4-1)38-31-32-44-46-34-39(61-48-26-12-7-21-40(48)41-22-8-13-27-49(41)61)35-47(54(46)63-53(44)33-38)57-59-55(37-19-5-2-6-20-37)58-56(60-57)45-25-11-16-30-52(45)62-50-28-14-9-23-42(50)43-24-10-15-29-51(43)62/h1-35H. The Hall–Kier alpha value is -8.61. The second-order valence-electron chi connectivity index (χ2n) is 16.0. The first-order chi connectivity index (χ1) is 31.2. The van der Waals surface area contributed by atoms with Crippen LogP contribution in [0.1, 0.15) is 0 Å². The number of nitrogens with zero attached hydrogens (tertiary/aromatic N) is 5. The van der Waals surface area contributed by atoms with Crippen LogP contribution in [0.5, 0.6) is 0 Å². The molecule has 9 aromatic carbocycles. The van der Waals surface area contributed by atoms with E-state index in [-0.39, 0.29) is 0 Å². The Morgan fingerprint density at radius 3 is 1.43 bits per heavy atom. The third-order valence-corrected chi connectivity index (χ3v) is 12.4. The number of rotatable bonds is 6. The van der Waals surface area contributed by atoms with E-state index in [0.717, 1.165) is 77.6 Å². The van der Waals surface area contributed by atoms with Crippen molar-refractivity contribution >= 4 is 65.6 Å². The predicted octanol–water partition coefficient (Wildman–Crippen LogP) is 14.6. The van der Waals surface area contributed by atoms with Crippen molar-refractivity contribution in [1.29, 1.82) is 0 Å². The van der Waals surface area contributed by atoms with E-state index in [1.54, 1.807) is 0 Å². The molecule has 0 aliphatic carbocycles. The van der Waals surface area contributed by atoms with Crippen LogP contribution >= 0.6 is 0 Å². The van der Waals surface area contributed by atoms with Crippen LogP contribution in [0.25, 0.3) is 122 Å². The van der Waals surface area contributed by atoms with Crippen molar-refractivity contribution in [3.05, 3.63) is 212 Å². The maximum absolute atomic E-state index is 7.00. The van der Waals surface area contributed by atoms with Crippen LogP contribution in [0.2, 0.25) is 0 Å². The maximum atomic E-state index is 7.00. The summed E-state index contributed by atoms with van der Waals surface area (Å²) in [5.74, 6) is 1.66. The number of benzene rings is 9. The van der Waals surface area contributed by atoms with Crippen LogP contribution in [-0.4, -0.2) is 24.1 Å². The Balaban J connectivity index is 1.11. The second kappa shape index (κ2) is 14.0. The van der Waals surface area contributed by atoms with Gasteiger partial charge in [-0.05, 0) is 71.8 Å². The first-order valence-corrected chi connectivity index (χ1v) is 21.2. The molecule has 4 aromatic heterocycles. The van der Waals surface area contributed by atoms with Gasteiger partial charge in [0.25, 0.3) is 0 Å². The fraction of sp³-hybridized carbons (Fsp3) is 0. The zero-order chi connectivity index (χ0) is 41.4. The molecule has 6 heteroatoms. The van der Waals surface area contributed by atoms with Gasteiger partial charge in [0.1, 0.15) is 11.2 Å². The zero-order valence-electron chi connectivity index (χ0n) is 33.9. The topological polar surface area (TPSA) is 61.7 Å². The average molecular weight is 806 g/mol. The molecule has 63 heavy (non-hydrogen) atoms. The van der Waals surface area contributed by atoms with Gasteiger partial charge < -0.3 is 13.6 Å². The molecular formula is C57H35N5O. The molecule has 294 valence electrons. The predicted molar refractivity (Wildman–Crippen MR) is 258 cm³/mol. The van der Waals surface area contributed by atoms with E-state index < -0.39 is 0 Å². The molecule has 0 bridgehead atoms. The normalized spacial score (nSPS) is 11.8. The van der Waals surface area contributed by atoms with Crippen molar-refractivity contribution in [1.82, 2.24) is 24.1 Å². The van der Waals surface area contributed by atoms with Gasteiger partial charge in [0.05, 0.1) is 33.3 Å². The summed E-state index contributed by atoms with van der Waals surface area (Å²) in [5, 5.41) is 6.75. The molecule has 13 aromatic rings. The van der Waals surface area contributed by atoms with E-state index in [1.807, 2.05) is 24.3 Å². The van der Waals surface area contributed by atoms with Gasteiger partial charge in [0.15, 0.2) is 17.5 Å². The molecule has 0 fully saturated rings. The van der Waals surface area contributed by atoms with Crippen LogP contribution in [0.3, 0.4) is 0 Å². The summed E-state index contributed by atoms with van der Waals surface area (Å²) < 4.78 is 11.7. The fourth-order valence-electron chi connectivity index (χ4n) is 9.54. The lowest BCUT2D eigenvalue weighted by molar-refractivity contribution is 0.669. The molecule has 13 rings (SSSR count). The Labute approximate surface area is 361 Å². The van der Waals surface area contributed by atoms with Gasteiger partial charge in [0, 0.05) is 49.1 Å². The van der Waals surface area contributed by atoms with Crippen molar-refractivity contribution in [3.8, 4) is 56.7 Å². The highest BCUT2D eigenvalue weighted by Crippen LogP contribution is 2.42. The van der Waals surface area contributed by atoms with Crippen LogP contribution < -0.4 is 0 Å². The molecule has 0 saturated heterocycles. The highest BCUT2D eigenvalue weighted by Gasteiger charge is 2.23. The van der Waals surface area contributed by atoms with Crippen molar-refractivity contribution in [2.45, 2.75) is 0 Å². The molecule has 0 aliphatic rings. The second-order valence-corrected chi connectivity index (χ2v) is 16.0. The molecule has 4 heterocycles. The average Bonchev–Trinajstić information content (AvgIpc) is 4.01. The van der Waals surface area contributed by atoms with E-state index in [1.165, 1.54) is 21.5 Å². The van der Waals surface area contributed by atoms with Crippen LogP contribution in [0.4, 0.5) is 0 Å². The lowest BCUT2D eigenvalue weighted by Crippen LogP contribution is -2.04. The lowest BCUT2D eigenvalue weighted by atomic mass is 10.0. The highest BCUT2D eigenvalue weighted by molar-refractivity contribution is 6.13. The van der Waals surface area contributed by atoms with Gasteiger partial charge in [-0.25, -0.2) is 15.0 Å². The van der Waals surface area contributed by atoms with Crippen molar-refractivity contribution in [3.63, 3.8) is 0 Å². The van der Waals surface area contributed by atoms with Crippen LogP contribution in [0, 0.1) is 0 Å². The van der Waals surface area contributed by atoms with Gasteiger partial charge in [-0.1, -0.05) is 152 Å². The zero-order valence-corrected chi connectivity index (χ0v) is 33.9. The molecule has 0 aliphatic heterocycles. The Morgan fingerprint density at radius 1 is 0.317 bits per heavy atom. The summed E-state index contributed by atoms with van der Waals surface area (Å²) in [4.78, 5) is 16.1. The van der Waals surface area contributed by atoms with Crippen LogP contribution in [-0.2, 0) is 0 Å². The third kappa shape index (κ3) is 5.55. The SMILES string of the molecule is c1ccc(-c2ccc3c(c2)oc2c(-c4nc(-c5ccccc5)nc(-c5ccccc5-n5c6ccccc6c6ccccc65)n4)cc(-n4c5ccccc5c5ccccc54)cc23)cc1. The number of aromatic nitrogens is 5. The maximum Gasteiger partial charge on any atom is 0.167 e. The van der Waals surface area contributed by atoms with Crippen molar-refractivity contribution in [2.75, 3.05) is 0 Å². The largest absolute Gasteiger partial charge is 0.455 e. The van der Waals surface area contributed by atoms with Crippen molar-refractivity contribution < 1.29 is 4.42 Å². The summed E-state index contributed by atoms with van der Waals surface area (Å²) in [6, 6.07) is 74.3. The minimum absolute atomic E-state index is 0.519. The summed E-state index contributed by atoms with van der Waals surface area (Å²) in [6.45, 7) is 0. The smallest absolute Gasteiger partial charge is 0.167 e. The van der Waals surface area contributed by atoms with Gasteiger partial charge in [-0.15, -0.1) is 0 Å². The third-order valence-electron chi connectivity index (χ3n) is 12.4. The number of fused-ring (bicyclic) bond motifs is 9. The summed E-state index contributed by atoms with van der Waals surface area (Å²) in [6.07, 6.45) is 0. The quantitative estimate of drug-likeness (QED) is 0.168. The molecule has 0 saturated carbocycles. The summed E-state index contributed by atoms with van der Waals surface area (Å²) in [7, 11) is 0. The van der Waals surface area contributed by atoms with Crippen LogP contribution in [0.15, 0.2) is 217 Å². The molecule has 0 spiro atoms. The number of furan rings is 1. The summed E-state index contributed by atoms with van der Waals surface area (Å²) >= 11 is 0. The minimum atomic E-state index is 0.519. The molecule has 0 N–H and O–H groups in total. The number of hydrogen-bond donors (Lipinski definition) is 0. The summed E-state index contributed by atoms with van der Waals surface area (Å²) in [5.41, 5.74) is 12.7. The van der Waals surface area contributed by atoms with E-state index in [9.17, 15) is 0 Å². The molecule has 0 amide bonds. The molecule has 6 nitrogen and oxygen atoms in total. The van der Waals surface area contributed by atoms with E-state index >= 15 is 0 Å². The van der Waals surface area contributed by atoms with E-state index in [4.69, 9.17) is 19.4 Å². The lowest BCUT2D eigenvalue weighted by Gasteiger charge is -2.15.